The fourth-order valence-electron chi connectivity index (χ4n) is 5.86. The van der Waals surface area contributed by atoms with Crippen LogP contribution in [0.2, 0.25) is 0 Å². The van der Waals surface area contributed by atoms with Crippen molar-refractivity contribution in [3.8, 4) is 0 Å². The molecule has 0 atom stereocenters. The van der Waals surface area contributed by atoms with Gasteiger partial charge in [-0.05, 0) is 64.5 Å². The summed E-state index contributed by atoms with van der Waals surface area (Å²) in [6, 6.07) is 1.42. The molecule has 1 saturated carbocycles. The van der Waals surface area contributed by atoms with Crippen LogP contribution in [0.3, 0.4) is 0 Å². The highest BCUT2D eigenvalue weighted by Gasteiger charge is 2.39. The lowest BCUT2D eigenvalue weighted by Crippen LogP contribution is -2.59. The average molecular weight is 392 g/mol. The van der Waals surface area contributed by atoms with Crippen LogP contribution in [0.1, 0.15) is 64.2 Å². The summed E-state index contributed by atoms with van der Waals surface area (Å²) < 4.78 is 5.69. The number of ether oxygens (including phenoxy) is 1. The molecule has 160 valence electrons. The van der Waals surface area contributed by atoms with Gasteiger partial charge in [0.05, 0.1) is 0 Å². The SMILES string of the molecule is CN=C(NCC1(N2CCCC2)CCOCC1)NC1CCN(C2CCCC2)CC1. The minimum Gasteiger partial charge on any atom is -0.381 e. The summed E-state index contributed by atoms with van der Waals surface area (Å²) in [6.45, 7) is 7.74. The Morgan fingerprint density at radius 3 is 2.29 bits per heavy atom. The number of nitrogens with zero attached hydrogens (tertiary/aromatic N) is 3. The molecule has 2 N–H and O–H groups in total. The highest BCUT2D eigenvalue weighted by atomic mass is 16.5. The van der Waals surface area contributed by atoms with Crippen molar-refractivity contribution in [1.29, 1.82) is 0 Å². The van der Waals surface area contributed by atoms with Crippen LogP contribution in [0.4, 0.5) is 0 Å². The Morgan fingerprint density at radius 1 is 0.964 bits per heavy atom. The van der Waals surface area contributed by atoms with Crippen LogP contribution < -0.4 is 10.6 Å². The van der Waals surface area contributed by atoms with Crippen LogP contribution in [0.25, 0.3) is 0 Å². The zero-order valence-electron chi connectivity index (χ0n) is 17.9. The molecule has 0 unspecified atom stereocenters. The van der Waals surface area contributed by atoms with Gasteiger partial charge in [-0.25, -0.2) is 0 Å². The third kappa shape index (κ3) is 4.82. The average Bonchev–Trinajstić information content (AvgIpc) is 3.47. The zero-order chi connectivity index (χ0) is 19.2. The van der Waals surface area contributed by atoms with Crippen LogP contribution in [-0.2, 0) is 4.74 Å². The van der Waals surface area contributed by atoms with E-state index in [1.54, 1.807) is 0 Å². The normalized spacial score (nSPS) is 28.7. The van der Waals surface area contributed by atoms with Gasteiger partial charge in [0.2, 0.25) is 0 Å². The van der Waals surface area contributed by atoms with Gasteiger partial charge in [-0.1, -0.05) is 12.8 Å². The monoisotopic (exact) mass is 391 g/mol. The minimum atomic E-state index is 0.248. The van der Waals surface area contributed by atoms with Gasteiger partial charge in [0.25, 0.3) is 0 Å². The van der Waals surface area contributed by atoms with Gasteiger partial charge < -0.3 is 20.3 Å². The molecule has 0 aromatic rings. The van der Waals surface area contributed by atoms with Crippen LogP contribution >= 0.6 is 0 Å². The molecule has 6 nitrogen and oxygen atoms in total. The second kappa shape index (κ2) is 9.77. The number of hydrogen-bond donors (Lipinski definition) is 2. The number of hydrogen-bond acceptors (Lipinski definition) is 4. The van der Waals surface area contributed by atoms with Gasteiger partial charge >= 0.3 is 0 Å². The molecular weight excluding hydrogens is 350 g/mol. The Hall–Kier alpha value is -0.850. The molecule has 4 fully saturated rings. The topological polar surface area (TPSA) is 52.1 Å². The van der Waals surface area contributed by atoms with Crippen LogP contribution in [0.5, 0.6) is 0 Å². The maximum Gasteiger partial charge on any atom is 0.191 e. The zero-order valence-corrected chi connectivity index (χ0v) is 17.9. The van der Waals surface area contributed by atoms with Gasteiger partial charge in [-0.2, -0.15) is 0 Å². The summed E-state index contributed by atoms with van der Waals surface area (Å²) in [4.78, 5) is 10.0. The van der Waals surface area contributed by atoms with E-state index < -0.39 is 0 Å². The predicted octanol–water partition coefficient (Wildman–Crippen LogP) is 2.20. The first-order chi connectivity index (χ1) is 13.8. The molecule has 1 aliphatic carbocycles. The summed E-state index contributed by atoms with van der Waals surface area (Å²) in [5.41, 5.74) is 0.248. The van der Waals surface area contributed by atoms with E-state index in [9.17, 15) is 0 Å². The molecule has 0 aromatic carbocycles. The highest BCUT2D eigenvalue weighted by Crippen LogP contribution is 2.31. The van der Waals surface area contributed by atoms with Crippen molar-refractivity contribution in [2.24, 2.45) is 4.99 Å². The number of piperidine rings is 1. The van der Waals surface area contributed by atoms with Crippen molar-refractivity contribution < 1.29 is 4.74 Å². The van der Waals surface area contributed by atoms with Gasteiger partial charge in [0.1, 0.15) is 0 Å². The van der Waals surface area contributed by atoms with Crippen LogP contribution in [0, 0.1) is 0 Å². The first-order valence-electron chi connectivity index (χ1n) is 11.8. The quantitative estimate of drug-likeness (QED) is 0.556. The standard InChI is InChI=1S/C22H41N5O/c1-23-21(25-19-8-14-26(15-9-19)20-6-2-3-7-20)24-18-22(10-16-28-17-11-22)27-12-4-5-13-27/h19-20H,2-18H2,1H3,(H2,23,24,25). The lowest BCUT2D eigenvalue weighted by Gasteiger charge is -2.45. The van der Waals surface area contributed by atoms with Gasteiger partial charge in [0, 0.05) is 57.5 Å². The van der Waals surface area contributed by atoms with E-state index in [0.717, 1.165) is 44.6 Å². The fourth-order valence-corrected chi connectivity index (χ4v) is 5.86. The maximum absolute atomic E-state index is 5.69. The summed E-state index contributed by atoms with van der Waals surface area (Å²) in [7, 11) is 1.91. The molecular formula is C22H41N5O. The van der Waals surface area contributed by atoms with Crippen LogP contribution in [0.15, 0.2) is 4.99 Å². The number of nitrogens with one attached hydrogen (secondary N) is 2. The Labute approximate surface area is 171 Å². The van der Waals surface area contributed by atoms with E-state index in [2.05, 4.69) is 25.4 Å². The van der Waals surface area contributed by atoms with E-state index >= 15 is 0 Å². The molecule has 28 heavy (non-hydrogen) atoms. The third-order valence-corrected chi connectivity index (χ3v) is 7.72. The molecule has 6 heteroatoms. The summed E-state index contributed by atoms with van der Waals surface area (Å²) in [5.74, 6) is 0.990. The Kier molecular flexibility index (Phi) is 7.13. The van der Waals surface area contributed by atoms with E-state index in [-0.39, 0.29) is 5.54 Å². The first kappa shape index (κ1) is 20.4. The van der Waals surface area contributed by atoms with Crippen molar-refractivity contribution in [3.63, 3.8) is 0 Å². The lowest BCUT2D eigenvalue weighted by molar-refractivity contribution is -0.0164. The van der Waals surface area contributed by atoms with E-state index in [0.29, 0.717) is 6.04 Å². The summed E-state index contributed by atoms with van der Waals surface area (Å²) in [5, 5.41) is 7.43. The van der Waals surface area contributed by atoms with Gasteiger partial charge in [0.15, 0.2) is 5.96 Å². The molecule has 0 amide bonds. The van der Waals surface area contributed by atoms with Crippen molar-refractivity contribution >= 4 is 5.96 Å². The van der Waals surface area contributed by atoms with Crippen LogP contribution in [-0.4, -0.2) is 86.4 Å². The molecule has 0 aromatic heterocycles. The van der Waals surface area contributed by atoms with E-state index in [1.807, 2.05) is 7.05 Å². The van der Waals surface area contributed by atoms with Crippen molar-refractivity contribution in [2.45, 2.75) is 81.8 Å². The van der Waals surface area contributed by atoms with E-state index in [4.69, 9.17) is 4.74 Å². The number of guanidine groups is 1. The molecule has 0 spiro atoms. The maximum atomic E-state index is 5.69. The predicted molar refractivity (Wildman–Crippen MR) is 115 cm³/mol. The van der Waals surface area contributed by atoms with Crippen molar-refractivity contribution in [1.82, 2.24) is 20.4 Å². The Morgan fingerprint density at radius 2 is 1.64 bits per heavy atom. The smallest absolute Gasteiger partial charge is 0.191 e. The lowest BCUT2D eigenvalue weighted by atomic mass is 9.88. The number of aliphatic imine (C=N–C) groups is 1. The molecule has 4 aliphatic rings. The Balaban J connectivity index is 1.26. The molecule has 0 bridgehead atoms. The first-order valence-corrected chi connectivity index (χ1v) is 11.8. The number of rotatable bonds is 5. The molecule has 3 aliphatic heterocycles. The second-order valence-corrected chi connectivity index (χ2v) is 9.35. The minimum absolute atomic E-state index is 0.248. The van der Waals surface area contributed by atoms with Gasteiger partial charge in [-0.15, -0.1) is 0 Å². The molecule has 3 saturated heterocycles. The molecule has 3 heterocycles. The third-order valence-electron chi connectivity index (χ3n) is 7.72. The molecule has 4 rings (SSSR count). The summed E-state index contributed by atoms with van der Waals surface area (Å²) >= 11 is 0. The Bertz CT molecular complexity index is 499. The fraction of sp³-hybridized carbons (Fsp3) is 0.955. The van der Waals surface area contributed by atoms with Crippen molar-refractivity contribution in [3.05, 3.63) is 0 Å². The summed E-state index contributed by atoms with van der Waals surface area (Å²) in [6.07, 6.45) is 13.1. The highest BCUT2D eigenvalue weighted by molar-refractivity contribution is 5.80. The van der Waals surface area contributed by atoms with Crippen molar-refractivity contribution in [2.75, 3.05) is 53.0 Å². The second-order valence-electron chi connectivity index (χ2n) is 9.35. The number of likely N-dealkylation sites (tertiary alicyclic amines) is 2. The van der Waals surface area contributed by atoms with Gasteiger partial charge in [-0.3, -0.25) is 9.89 Å². The molecule has 0 radical (unpaired) electrons. The largest absolute Gasteiger partial charge is 0.381 e. The van der Waals surface area contributed by atoms with E-state index in [1.165, 1.54) is 77.5 Å².